The van der Waals surface area contributed by atoms with E-state index >= 15 is 0 Å². The topological polar surface area (TPSA) is 119 Å². The van der Waals surface area contributed by atoms with Crippen LogP contribution in [0.5, 0.6) is 11.8 Å². The molecule has 0 fully saturated rings. The van der Waals surface area contributed by atoms with Crippen molar-refractivity contribution in [1.29, 1.82) is 0 Å². The maximum absolute atomic E-state index is 12.7. The standard InChI is InChI=1S/C20H26N2O7/c1-13(27-12-14-8-6-5-7-9-14)17(21-19(26)28-20(2,3)4)18(25)29-22-15(23)10-11-16(22)24/h5-11,13,17,23-24H,12H2,1-4H3,(H,21,26)/t13-,17+/m1/s1. The first-order valence-corrected chi connectivity index (χ1v) is 9.03. The predicted octanol–water partition coefficient (Wildman–Crippen LogP) is 2.35. The van der Waals surface area contributed by atoms with Crippen molar-refractivity contribution in [3.8, 4) is 11.8 Å². The number of hydrogen-bond donors (Lipinski definition) is 3. The van der Waals surface area contributed by atoms with Gasteiger partial charge in [0, 0.05) is 12.1 Å². The fraction of sp³-hybridized carbons (Fsp3) is 0.400. The van der Waals surface area contributed by atoms with Crippen LogP contribution in [0.25, 0.3) is 0 Å². The van der Waals surface area contributed by atoms with E-state index in [1.54, 1.807) is 27.7 Å². The van der Waals surface area contributed by atoms with Gasteiger partial charge in [0.1, 0.15) is 5.60 Å². The molecule has 0 aliphatic rings. The zero-order valence-corrected chi connectivity index (χ0v) is 16.8. The quantitative estimate of drug-likeness (QED) is 0.646. The van der Waals surface area contributed by atoms with E-state index in [1.165, 1.54) is 0 Å². The van der Waals surface area contributed by atoms with Crippen LogP contribution in [-0.4, -0.2) is 44.8 Å². The van der Waals surface area contributed by atoms with E-state index in [9.17, 15) is 19.8 Å². The lowest BCUT2D eigenvalue weighted by atomic mass is 10.1. The molecule has 9 heteroatoms. The fourth-order valence-electron chi connectivity index (χ4n) is 2.34. The van der Waals surface area contributed by atoms with Crippen molar-refractivity contribution in [2.45, 2.75) is 52.0 Å². The van der Waals surface area contributed by atoms with Crippen molar-refractivity contribution in [2.75, 3.05) is 0 Å². The Labute approximate surface area is 168 Å². The lowest BCUT2D eigenvalue weighted by molar-refractivity contribution is -0.152. The number of amides is 1. The van der Waals surface area contributed by atoms with E-state index in [0.717, 1.165) is 17.7 Å². The first-order valence-electron chi connectivity index (χ1n) is 9.03. The van der Waals surface area contributed by atoms with Crippen LogP contribution in [0.15, 0.2) is 42.5 Å². The summed E-state index contributed by atoms with van der Waals surface area (Å²) in [5.41, 5.74) is 0.105. The minimum atomic E-state index is -1.27. The van der Waals surface area contributed by atoms with Gasteiger partial charge in [0.2, 0.25) is 11.8 Å². The highest BCUT2D eigenvalue weighted by Gasteiger charge is 2.32. The summed E-state index contributed by atoms with van der Waals surface area (Å²) in [7, 11) is 0. The molecule has 0 saturated heterocycles. The largest absolute Gasteiger partial charge is 0.492 e. The summed E-state index contributed by atoms with van der Waals surface area (Å²) in [5.74, 6) is -1.92. The van der Waals surface area contributed by atoms with Crippen molar-refractivity contribution >= 4 is 12.1 Å². The Bertz CT molecular complexity index is 808. The molecule has 2 rings (SSSR count). The van der Waals surface area contributed by atoms with Crippen molar-refractivity contribution < 1.29 is 34.1 Å². The van der Waals surface area contributed by atoms with Gasteiger partial charge in [-0.05, 0) is 33.3 Å². The average Bonchev–Trinajstić information content (AvgIpc) is 2.95. The number of hydrogen-bond acceptors (Lipinski definition) is 7. The summed E-state index contributed by atoms with van der Waals surface area (Å²) in [6, 6.07) is 10.3. The van der Waals surface area contributed by atoms with Crippen molar-refractivity contribution in [3.05, 3.63) is 48.0 Å². The van der Waals surface area contributed by atoms with Crippen molar-refractivity contribution in [1.82, 2.24) is 10.0 Å². The van der Waals surface area contributed by atoms with Gasteiger partial charge in [-0.1, -0.05) is 30.3 Å². The van der Waals surface area contributed by atoms with Crippen LogP contribution >= 0.6 is 0 Å². The minimum absolute atomic E-state index is 0.196. The zero-order valence-electron chi connectivity index (χ0n) is 16.8. The molecule has 29 heavy (non-hydrogen) atoms. The predicted molar refractivity (Wildman–Crippen MR) is 103 cm³/mol. The molecule has 0 bridgehead atoms. The van der Waals surface area contributed by atoms with E-state index in [-0.39, 0.29) is 6.61 Å². The van der Waals surface area contributed by atoms with Crippen LogP contribution in [0.3, 0.4) is 0 Å². The van der Waals surface area contributed by atoms with E-state index in [4.69, 9.17) is 14.3 Å². The molecule has 1 aromatic heterocycles. The summed E-state index contributed by atoms with van der Waals surface area (Å²) in [6.45, 7) is 6.84. The SMILES string of the molecule is C[C@@H](OCc1ccccc1)[C@H](NC(=O)OC(C)(C)C)C(=O)On1c(O)ccc1O. The van der Waals surface area contributed by atoms with E-state index in [0.29, 0.717) is 4.73 Å². The zero-order chi connectivity index (χ0) is 21.6. The number of aromatic hydroxyl groups is 2. The molecule has 1 aromatic carbocycles. The third-order valence-electron chi connectivity index (χ3n) is 3.73. The lowest BCUT2D eigenvalue weighted by Crippen LogP contribution is -2.52. The number of rotatable bonds is 7. The summed E-state index contributed by atoms with van der Waals surface area (Å²) >= 11 is 0. The highest BCUT2D eigenvalue weighted by atomic mass is 16.7. The summed E-state index contributed by atoms with van der Waals surface area (Å²) in [5, 5.41) is 21.8. The smallest absolute Gasteiger partial charge is 0.408 e. The molecule has 2 atom stereocenters. The fourth-order valence-corrected chi connectivity index (χ4v) is 2.34. The molecule has 0 aliphatic heterocycles. The normalized spacial score (nSPS) is 13.4. The Balaban J connectivity index is 2.12. The minimum Gasteiger partial charge on any atom is -0.492 e. The Morgan fingerprint density at radius 1 is 1.07 bits per heavy atom. The Kier molecular flexibility index (Phi) is 7.11. The van der Waals surface area contributed by atoms with Gasteiger partial charge < -0.3 is 29.8 Å². The molecule has 9 nitrogen and oxygen atoms in total. The molecule has 158 valence electrons. The van der Waals surface area contributed by atoms with Gasteiger partial charge in [-0.15, -0.1) is 4.73 Å². The van der Waals surface area contributed by atoms with Gasteiger partial charge in [0.25, 0.3) is 0 Å². The van der Waals surface area contributed by atoms with Crippen LogP contribution in [0.2, 0.25) is 0 Å². The highest BCUT2D eigenvalue weighted by Crippen LogP contribution is 2.19. The molecule has 0 radical (unpaired) electrons. The van der Waals surface area contributed by atoms with Crippen molar-refractivity contribution in [3.63, 3.8) is 0 Å². The second-order valence-corrected chi connectivity index (χ2v) is 7.38. The monoisotopic (exact) mass is 406 g/mol. The molecular formula is C20H26N2O7. The van der Waals surface area contributed by atoms with Crippen molar-refractivity contribution in [2.24, 2.45) is 0 Å². The number of alkyl carbamates (subject to hydrolysis) is 1. The second kappa shape index (κ2) is 9.33. The van der Waals surface area contributed by atoms with E-state index in [1.807, 2.05) is 30.3 Å². The molecule has 0 unspecified atom stereocenters. The summed E-state index contributed by atoms with van der Waals surface area (Å²) in [6.07, 6.45) is -1.65. The second-order valence-electron chi connectivity index (χ2n) is 7.38. The van der Waals surface area contributed by atoms with Crippen LogP contribution in [-0.2, 0) is 20.9 Å². The van der Waals surface area contributed by atoms with Crippen LogP contribution in [0.4, 0.5) is 4.79 Å². The van der Waals surface area contributed by atoms with Gasteiger partial charge in [0.05, 0.1) is 12.7 Å². The molecular weight excluding hydrogens is 380 g/mol. The number of nitrogens with zero attached hydrogens (tertiary/aromatic N) is 1. The maximum Gasteiger partial charge on any atom is 0.408 e. The number of carbonyl (C=O) groups is 2. The Morgan fingerprint density at radius 2 is 1.66 bits per heavy atom. The molecule has 0 spiro atoms. The molecule has 1 heterocycles. The first kappa shape index (κ1) is 22.1. The third-order valence-corrected chi connectivity index (χ3v) is 3.73. The van der Waals surface area contributed by atoms with Gasteiger partial charge in [-0.3, -0.25) is 0 Å². The van der Waals surface area contributed by atoms with Crippen LogP contribution in [0, 0.1) is 0 Å². The number of carbonyl (C=O) groups excluding carboxylic acids is 2. The van der Waals surface area contributed by atoms with Gasteiger partial charge in [-0.25, -0.2) is 9.59 Å². The van der Waals surface area contributed by atoms with Gasteiger partial charge in [-0.2, -0.15) is 0 Å². The van der Waals surface area contributed by atoms with Gasteiger partial charge in [0.15, 0.2) is 6.04 Å². The average molecular weight is 406 g/mol. The van der Waals surface area contributed by atoms with E-state index < -0.39 is 41.6 Å². The van der Waals surface area contributed by atoms with Gasteiger partial charge >= 0.3 is 12.1 Å². The Hall–Kier alpha value is -3.20. The molecule has 1 amide bonds. The van der Waals surface area contributed by atoms with Crippen LogP contribution < -0.4 is 10.2 Å². The molecule has 0 saturated carbocycles. The maximum atomic E-state index is 12.7. The molecule has 2 aromatic rings. The first-order chi connectivity index (χ1) is 13.6. The number of nitrogens with one attached hydrogen (secondary N) is 1. The highest BCUT2D eigenvalue weighted by molar-refractivity contribution is 5.82. The molecule has 3 N–H and O–H groups in total. The van der Waals surface area contributed by atoms with E-state index in [2.05, 4.69) is 5.32 Å². The molecule has 0 aliphatic carbocycles. The lowest BCUT2D eigenvalue weighted by Gasteiger charge is -2.26. The number of benzene rings is 1. The summed E-state index contributed by atoms with van der Waals surface area (Å²) < 4.78 is 11.4. The summed E-state index contributed by atoms with van der Waals surface area (Å²) in [4.78, 5) is 29.8. The van der Waals surface area contributed by atoms with Crippen LogP contribution in [0.1, 0.15) is 33.3 Å². The Morgan fingerprint density at radius 3 is 2.21 bits per heavy atom. The third kappa shape index (κ3) is 6.72. The number of ether oxygens (including phenoxy) is 2. The number of aromatic nitrogens is 1.